The molecule has 0 saturated heterocycles. The monoisotopic (exact) mass is 260 g/mol. The molecule has 18 heavy (non-hydrogen) atoms. The number of thiophene rings is 1. The van der Waals surface area contributed by atoms with Crippen LogP contribution in [-0.4, -0.2) is 20.6 Å². The summed E-state index contributed by atoms with van der Waals surface area (Å²) in [5.41, 5.74) is 1.19. The predicted molar refractivity (Wildman–Crippen MR) is 70.3 cm³/mol. The summed E-state index contributed by atoms with van der Waals surface area (Å²) in [5, 5.41) is 11.2. The number of hydrogen-bond acceptors (Lipinski definition) is 3. The molecule has 0 aliphatic heterocycles. The number of rotatable bonds is 4. The second-order valence-corrected chi connectivity index (χ2v) is 5.25. The molecule has 92 valence electrons. The fourth-order valence-corrected chi connectivity index (χ4v) is 2.64. The highest BCUT2D eigenvalue weighted by molar-refractivity contribution is 7.11. The minimum absolute atomic E-state index is 0.326. The van der Waals surface area contributed by atoms with Crippen LogP contribution < -0.4 is 0 Å². The Balaban J connectivity index is 2.01. The minimum atomic E-state index is -0.902. The Morgan fingerprint density at radius 1 is 1.56 bits per heavy atom. The van der Waals surface area contributed by atoms with Crippen molar-refractivity contribution in [3.05, 3.63) is 40.6 Å². The van der Waals surface area contributed by atoms with Crippen molar-refractivity contribution < 1.29 is 9.90 Å². The number of hydrogen-bond donors (Lipinski definition) is 1. The molecule has 1 fully saturated rings. The molecule has 0 aromatic carbocycles. The van der Waals surface area contributed by atoms with Gasteiger partial charge in [0, 0.05) is 10.9 Å². The molecule has 0 radical (unpaired) electrons. The zero-order valence-corrected chi connectivity index (χ0v) is 10.4. The Morgan fingerprint density at radius 3 is 3.00 bits per heavy atom. The number of carboxylic acids is 1. The molecule has 0 spiro atoms. The molecule has 2 heterocycles. The van der Waals surface area contributed by atoms with E-state index in [1.54, 1.807) is 18.6 Å². The molecule has 5 heteroatoms. The van der Waals surface area contributed by atoms with Gasteiger partial charge in [-0.1, -0.05) is 6.07 Å². The lowest BCUT2D eigenvalue weighted by Crippen LogP contribution is -2.00. The van der Waals surface area contributed by atoms with E-state index in [4.69, 9.17) is 0 Å². The Bertz CT molecular complexity index is 594. The summed E-state index contributed by atoms with van der Waals surface area (Å²) >= 11 is 1.43. The molecule has 2 aromatic rings. The van der Waals surface area contributed by atoms with Crippen LogP contribution in [0.25, 0.3) is 11.6 Å². The van der Waals surface area contributed by atoms with Crippen molar-refractivity contribution in [1.29, 1.82) is 0 Å². The molecule has 0 amide bonds. The summed E-state index contributed by atoms with van der Waals surface area (Å²) < 4.78 is 2.05. The van der Waals surface area contributed by atoms with Gasteiger partial charge in [0.25, 0.3) is 0 Å². The lowest BCUT2D eigenvalue weighted by molar-refractivity contribution is -0.130. The molecule has 1 saturated carbocycles. The maximum Gasteiger partial charge on any atom is 0.337 e. The van der Waals surface area contributed by atoms with E-state index in [1.165, 1.54) is 11.3 Å². The van der Waals surface area contributed by atoms with E-state index in [1.807, 2.05) is 17.5 Å². The van der Waals surface area contributed by atoms with Crippen LogP contribution >= 0.6 is 11.3 Å². The summed E-state index contributed by atoms with van der Waals surface area (Å²) in [4.78, 5) is 16.2. The maximum absolute atomic E-state index is 11.3. The first-order chi connectivity index (χ1) is 8.75. The van der Waals surface area contributed by atoms with Crippen LogP contribution in [0.15, 0.2) is 30.0 Å². The van der Waals surface area contributed by atoms with E-state index < -0.39 is 5.97 Å². The van der Waals surface area contributed by atoms with E-state index >= 15 is 0 Å². The van der Waals surface area contributed by atoms with Gasteiger partial charge in [0.2, 0.25) is 0 Å². The normalized spacial score (nSPS) is 15.9. The fraction of sp³-hybridized carbons (Fsp3) is 0.231. The van der Waals surface area contributed by atoms with E-state index in [0.29, 0.717) is 11.6 Å². The van der Waals surface area contributed by atoms with Crippen LogP contribution in [0, 0.1) is 0 Å². The smallest absolute Gasteiger partial charge is 0.337 e. The van der Waals surface area contributed by atoms with Gasteiger partial charge in [-0.3, -0.25) is 0 Å². The van der Waals surface area contributed by atoms with Gasteiger partial charge in [-0.15, -0.1) is 11.3 Å². The van der Waals surface area contributed by atoms with Crippen molar-refractivity contribution >= 4 is 29.0 Å². The lowest BCUT2D eigenvalue weighted by Gasteiger charge is -2.03. The van der Waals surface area contributed by atoms with Crippen LogP contribution in [0.4, 0.5) is 0 Å². The van der Waals surface area contributed by atoms with E-state index in [2.05, 4.69) is 9.55 Å². The second kappa shape index (κ2) is 4.42. The Kier molecular flexibility index (Phi) is 2.76. The van der Waals surface area contributed by atoms with Crippen molar-refractivity contribution in [2.75, 3.05) is 0 Å². The second-order valence-electron chi connectivity index (χ2n) is 4.30. The number of aromatic nitrogens is 2. The van der Waals surface area contributed by atoms with Gasteiger partial charge in [-0.25, -0.2) is 9.78 Å². The summed E-state index contributed by atoms with van der Waals surface area (Å²) in [7, 11) is 0. The van der Waals surface area contributed by atoms with E-state index in [0.717, 1.165) is 23.4 Å². The third-order valence-corrected chi connectivity index (χ3v) is 3.85. The summed E-state index contributed by atoms with van der Waals surface area (Å²) in [6.45, 7) is 0. The number of carboxylic acid groups (broad SMARTS) is 1. The molecule has 1 aliphatic rings. The van der Waals surface area contributed by atoms with Crippen LogP contribution in [0.2, 0.25) is 0 Å². The van der Waals surface area contributed by atoms with Gasteiger partial charge in [-0.2, -0.15) is 0 Å². The van der Waals surface area contributed by atoms with Gasteiger partial charge in [0.1, 0.15) is 0 Å². The quantitative estimate of drug-likeness (QED) is 0.860. The van der Waals surface area contributed by atoms with E-state index in [-0.39, 0.29) is 0 Å². The van der Waals surface area contributed by atoms with E-state index in [9.17, 15) is 9.90 Å². The Hall–Kier alpha value is -1.88. The third kappa shape index (κ3) is 2.09. The summed E-state index contributed by atoms with van der Waals surface area (Å²) in [6.07, 6.45) is 7.50. The van der Waals surface area contributed by atoms with Crippen LogP contribution in [0.1, 0.15) is 29.5 Å². The summed E-state index contributed by atoms with van der Waals surface area (Å²) in [6, 6.07) is 4.18. The molecule has 2 aromatic heterocycles. The highest BCUT2D eigenvalue weighted by Crippen LogP contribution is 2.36. The number of aliphatic carboxylic acids is 1. The van der Waals surface area contributed by atoms with Gasteiger partial charge in [0.05, 0.1) is 23.8 Å². The molecule has 4 nitrogen and oxygen atoms in total. The minimum Gasteiger partial charge on any atom is -0.478 e. The zero-order valence-electron chi connectivity index (χ0n) is 9.61. The first kappa shape index (κ1) is 11.2. The molecule has 0 atom stereocenters. The van der Waals surface area contributed by atoms with Crippen molar-refractivity contribution in [3.63, 3.8) is 0 Å². The first-order valence-electron chi connectivity index (χ1n) is 5.76. The molecular weight excluding hydrogens is 248 g/mol. The number of nitrogens with zero attached hydrogens (tertiary/aromatic N) is 2. The fourth-order valence-electron chi connectivity index (χ4n) is 1.90. The van der Waals surface area contributed by atoms with Crippen molar-refractivity contribution in [2.45, 2.75) is 18.9 Å². The van der Waals surface area contributed by atoms with Gasteiger partial charge >= 0.3 is 5.97 Å². The number of imidazole rings is 1. The molecule has 1 aliphatic carbocycles. The topological polar surface area (TPSA) is 55.1 Å². The maximum atomic E-state index is 11.3. The molecule has 0 unspecified atom stereocenters. The van der Waals surface area contributed by atoms with Gasteiger partial charge in [0.15, 0.2) is 0 Å². The molecular formula is C13H12N2O2S. The van der Waals surface area contributed by atoms with Crippen LogP contribution in [0.3, 0.4) is 0 Å². The highest BCUT2D eigenvalue weighted by Gasteiger charge is 2.25. The predicted octanol–water partition coefficient (Wildman–Crippen LogP) is 2.90. The van der Waals surface area contributed by atoms with Gasteiger partial charge < -0.3 is 9.67 Å². The standard InChI is InChI=1S/C13H12N2O2S/c16-13(17)11(12-2-1-5-18-12)6-10-7-14-8-15(10)9-3-4-9/h1-2,5-9H,3-4H2,(H,16,17). The first-order valence-corrected chi connectivity index (χ1v) is 6.64. The Morgan fingerprint density at radius 2 is 2.39 bits per heavy atom. The van der Waals surface area contributed by atoms with Gasteiger partial charge in [-0.05, 0) is 30.4 Å². The van der Waals surface area contributed by atoms with Crippen molar-refractivity contribution in [2.24, 2.45) is 0 Å². The molecule has 1 N–H and O–H groups in total. The Labute approximate surface area is 108 Å². The van der Waals surface area contributed by atoms with Crippen LogP contribution in [0.5, 0.6) is 0 Å². The van der Waals surface area contributed by atoms with Crippen molar-refractivity contribution in [3.8, 4) is 0 Å². The molecule has 3 rings (SSSR count). The molecule has 0 bridgehead atoms. The SMILES string of the molecule is O=C(O)C(=Cc1cncn1C1CC1)c1cccs1. The largest absolute Gasteiger partial charge is 0.478 e. The third-order valence-electron chi connectivity index (χ3n) is 2.95. The number of carbonyl (C=O) groups is 1. The van der Waals surface area contributed by atoms with Crippen molar-refractivity contribution in [1.82, 2.24) is 9.55 Å². The van der Waals surface area contributed by atoms with Crippen LogP contribution in [-0.2, 0) is 4.79 Å². The average Bonchev–Trinajstić information content (AvgIpc) is 2.89. The zero-order chi connectivity index (χ0) is 12.5. The summed E-state index contributed by atoms with van der Waals surface area (Å²) in [5.74, 6) is -0.902. The lowest BCUT2D eigenvalue weighted by atomic mass is 10.2. The average molecular weight is 260 g/mol. The highest BCUT2D eigenvalue weighted by atomic mass is 32.1.